The number of esters is 1. The summed E-state index contributed by atoms with van der Waals surface area (Å²) < 4.78 is 13.3. The lowest BCUT2D eigenvalue weighted by atomic mass is 9.87. The average molecular weight is 712 g/mol. The molecule has 3 aliphatic rings. The van der Waals surface area contributed by atoms with E-state index in [-0.39, 0.29) is 17.9 Å². The van der Waals surface area contributed by atoms with Crippen molar-refractivity contribution in [2.24, 2.45) is 11.7 Å². The van der Waals surface area contributed by atoms with Crippen molar-refractivity contribution in [1.82, 2.24) is 24.5 Å². The van der Waals surface area contributed by atoms with Gasteiger partial charge in [0.2, 0.25) is 5.91 Å². The number of amides is 2. The van der Waals surface area contributed by atoms with E-state index in [9.17, 15) is 14.4 Å². The minimum absolute atomic E-state index is 0.0577. The van der Waals surface area contributed by atoms with Gasteiger partial charge in [0, 0.05) is 70.4 Å². The molecule has 2 fully saturated rings. The van der Waals surface area contributed by atoms with E-state index in [0.717, 1.165) is 82.8 Å². The number of hydrogen-bond donors (Lipinski definition) is 2. The monoisotopic (exact) mass is 711 g/mol. The van der Waals surface area contributed by atoms with Crippen molar-refractivity contribution >= 4 is 23.6 Å². The second-order valence-corrected chi connectivity index (χ2v) is 15.0. The van der Waals surface area contributed by atoms with Gasteiger partial charge >= 0.3 is 5.97 Å². The van der Waals surface area contributed by atoms with Crippen LogP contribution in [-0.2, 0) is 14.3 Å². The summed E-state index contributed by atoms with van der Waals surface area (Å²) in [4.78, 5) is 44.6. The molecule has 12 heteroatoms. The van der Waals surface area contributed by atoms with Gasteiger partial charge in [-0.25, -0.2) is 4.68 Å². The maximum atomic E-state index is 13.1. The van der Waals surface area contributed by atoms with Crippen molar-refractivity contribution in [3.05, 3.63) is 72.3 Å². The van der Waals surface area contributed by atoms with E-state index in [0.29, 0.717) is 48.3 Å². The van der Waals surface area contributed by atoms with Crippen LogP contribution in [0.25, 0.3) is 11.3 Å². The van der Waals surface area contributed by atoms with Crippen molar-refractivity contribution in [2.75, 3.05) is 64.2 Å². The molecule has 0 radical (unpaired) electrons. The number of likely N-dealkylation sites (tertiary alicyclic amines) is 1. The van der Waals surface area contributed by atoms with Gasteiger partial charge in [-0.15, -0.1) is 0 Å². The molecular weight excluding hydrogens is 658 g/mol. The Morgan fingerprint density at radius 3 is 2.25 bits per heavy atom. The fourth-order valence-electron chi connectivity index (χ4n) is 7.43. The van der Waals surface area contributed by atoms with Crippen LogP contribution in [0.4, 0.5) is 5.82 Å². The molecule has 1 atom stereocenters. The van der Waals surface area contributed by atoms with E-state index in [1.807, 2.05) is 91.0 Å². The van der Waals surface area contributed by atoms with Crippen LogP contribution >= 0.6 is 0 Å². The van der Waals surface area contributed by atoms with E-state index in [4.69, 9.17) is 20.3 Å². The van der Waals surface area contributed by atoms with Gasteiger partial charge in [0.1, 0.15) is 34.2 Å². The lowest BCUT2D eigenvalue weighted by molar-refractivity contribution is -0.155. The molecule has 0 aliphatic carbocycles. The molecule has 278 valence electrons. The number of rotatable bonds is 12. The van der Waals surface area contributed by atoms with Gasteiger partial charge in [0.15, 0.2) is 0 Å². The summed E-state index contributed by atoms with van der Waals surface area (Å²) in [5, 5.41) is 8.38. The van der Waals surface area contributed by atoms with Gasteiger partial charge in [-0.1, -0.05) is 24.3 Å². The summed E-state index contributed by atoms with van der Waals surface area (Å²) in [5.41, 5.74) is 7.25. The zero-order valence-corrected chi connectivity index (χ0v) is 30.8. The highest BCUT2D eigenvalue weighted by Gasteiger charge is 2.36. The molecule has 0 spiro atoms. The molecule has 0 bridgehead atoms. The fourth-order valence-corrected chi connectivity index (χ4v) is 7.43. The van der Waals surface area contributed by atoms with Crippen LogP contribution in [0.5, 0.6) is 11.5 Å². The molecule has 3 aromatic rings. The summed E-state index contributed by atoms with van der Waals surface area (Å²) in [6.45, 7) is 13.2. The summed E-state index contributed by atoms with van der Waals surface area (Å²) in [7, 11) is 0. The number of carbonyl (C=O) groups excluding carboxylic acids is 3. The molecule has 4 heterocycles. The van der Waals surface area contributed by atoms with E-state index < -0.39 is 11.5 Å². The zero-order chi connectivity index (χ0) is 36.7. The number of nitrogens with two attached hydrogens (primary N) is 1. The molecule has 0 unspecified atom stereocenters. The maximum absolute atomic E-state index is 13.1. The van der Waals surface area contributed by atoms with Gasteiger partial charge in [0.25, 0.3) is 5.91 Å². The minimum atomic E-state index is -0.515. The molecule has 3 N–H and O–H groups in total. The Labute approximate surface area is 306 Å². The largest absolute Gasteiger partial charge is 0.460 e. The highest BCUT2D eigenvalue weighted by atomic mass is 16.6. The molecule has 52 heavy (non-hydrogen) atoms. The second-order valence-electron chi connectivity index (χ2n) is 15.0. The smallest absolute Gasteiger partial charge is 0.306 e. The Kier molecular flexibility index (Phi) is 12.0. The normalized spacial score (nSPS) is 18.9. The minimum Gasteiger partial charge on any atom is -0.460 e. The average Bonchev–Trinajstić information content (AvgIpc) is 3.53. The van der Waals surface area contributed by atoms with E-state index >= 15 is 0 Å². The summed E-state index contributed by atoms with van der Waals surface area (Å²) >= 11 is 0. The number of primary amides is 1. The Hall–Kier alpha value is -4.68. The van der Waals surface area contributed by atoms with Crippen molar-refractivity contribution in [1.29, 1.82) is 0 Å². The number of nitrogens with one attached hydrogen (secondary N) is 1. The third-order valence-electron chi connectivity index (χ3n) is 10.1. The summed E-state index contributed by atoms with van der Waals surface area (Å²) in [5.74, 6) is 1.84. The molecule has 2 amide bonds. The van der Waals surface area contributed by atoms with Crippen LogP contribution in [0.15, 0.2) is 66.7 Å². The second kappa shape index (κ2) is 16.8. The van der Waals surface area contributed by atoms with Crippen molar-refractivity contribution in [3.63, 3.8) is 0 Å². The van der Waals surface area contributed by atoms with Crippen molar-refractivity contribution < 1.29 is 23.9 Å². The zero-order valence-electron chi connectivity index (χ0n) is 30.8. The lowest BCUT2D eigenvalue weighted by Gasteiger charge is -2.38. The molecule has 2 saturated heterocycles. The molecule has 1 aromatic heterocycles. The number of nitrogens with zero attached hydrogens (tertiary/aromatic N) is 5. The van der Waals surface area contributed by atoms with Gasteiger partial charge < -0.3 is 30.3 Å². The SMILES string of the molecule is CC(C)(C)OC(=O)CCCN1CCN(C/C=C/C(=O)N2CCC([C@@H]3CCNc4c(C(N)=O)c(-c5ccc(Oc6ccccc6)cc5)nn43)CC2)CC1. The van der Waals surface area contributed by atoms with Gasteiger partial charge in [-0.3, -0.25) is 19.3 Å². The number of aromatic nitrogens is 2. The number of anilines is 1. The molecule has 6 rings (SSSR count). The Morgan fingerprint density at radius 1 is 0.904 bits per heavy atom. The number of carbonyl (C=O) groups is 3. The quantitative estimate of drug-likeness (QED) is 0.189. The first-order valence-electron chi connectivity index (χ1n) is 18.7. The number of piperidine rings is 1. The van der Waals surface area contributed by atoms with Crippen LogP contribution in [0.2, 0.25) is 0 Å². The number of hydrogen-bond acceptors (Lipinski definition) is 9. The standard InChI is InChI=1S/C40H53N7O5/c1-40(2,3)52-35(49)12-8-22-45-27-25-44(26-28-45)21-7-11-34(48)46-23-18-29(19-24-46)33-17-20-42-39-36(38(41)50)37(43-47(33)39)30-13-15-32(16-14-30)51-31-9-5-4-6-10-31/h4-7,9-11,13-16,29,33,42H,8,12,17-28H2,1-3H3,(H2,41,50)/b11-7+/t33-/m0/s1. The predicted octanol–water partition coefficient (Wildman–Crippen LogP) is 5.33. The fraction of sp³-hybridized carbons (Fsp3) is 0.500. The molecule has 3 aliphatic heterocycles. The topological polar surface area (TPSA) is 135 Å². The Morgan fingerprint density at radius 2 is 1.58 bits per heavy atom. The van der Waals surface area contributed by atoms with Gasteiger partial charge in [-0.2, -0.15) is 5.10 Å². The van der Waals surface area contributed by atoms with Crippen molar-refractivity contribution in [3.8, 4) is 22.8 Å². The first-order valence-corrected chi connectivity index (χ1v) is 18.7. The first-order chi connectivity index (χ1) is 25.0. The van der Waals surface area contributed by atoms with Gasteiger partial charge in [-0.05, 0) is 95.3 Å². The lowest BCUT2D eigenvalue weighted by Crippen LogP contribution is -2.46. The number of piperazine rings is 1. The molecule has 2 aromatic carbocycles. The van der Waals surface area contributed by atoms with Crippen LogP contribution in [0, 0.1) is 5.92 Å². The van der Waals surface area contributed by atoms with Crippen LogP contribution in [0.3, 0.4) is 0 Å². The summed E-state index contributed by atoms with van der Waals surface area (Å²) in [6, 6.07) is 17.2. The van der Waals surface area contributed by atoms with Crippen LogP contribution in [0.1, 0.15) is 69.3 Å². The Bertz CT molecular complexity index is 1700. The predicted molar refractivity (Wildman–Crippen MR) is 201 cm³/mol. The van der Waals surface area contributed by atoms with E-state index in [1.54, 1.807) is 6.08 Å². The van der Waals surface area contributed by atoms with Crippen LogP contribution < -0.4 is 15.8 Å². The van der Waals surface area contributed by atoms with E-state index in [2.05, 4.69) is 15.1 Å². The number of para-hydroxylation sites is 1. The van der Waals surface area contributed by atoms with Crippen molar-refractivity contribution in [2.45, 2.75) is 64.5 Å². The third kappa shape index (κ3) is 9.60. The molecular formula is C40H53N7O5. The molecule has 12 nitrogen and oxygen atoms in total. The number of fused-ring (bicyclic) bond motifs is 1. The first kappa shape index (κ1) is 37.1. The third-order valence-corrected chi connectivity index (χ3v) is 10.1. The maximum Gasteiger partial charge on any atom is 0.306 e. The van der Waals surface area contributed by atoms with Gasteiger partial charge in [0.05, 0.1) is 6.04 Å². The summed E-state index contributed by atoms with van der Waals surface area (Å²) in [6.07, 6.45) is 7.58. The highest BCUT2D eigenvalue weighted by molar-refractivity contribution is 6.03. The van der Waals surface area contributed by atoms with Crippen LogP contribution in [-0.4, -0.2) is 107 Å². The highest BCUT2D eigenvalue weighted by Crippen LogP contribution is 2.40. The number of benzene rings is 2. The molecule has 0 saturated carbocycles. The van der Waals surface area contributed by atoms with E-state index in [1.165, 1.54) is 0 Å². The number of ether oxygens (including phenoxy) is 2. The Balaban J connectivity index is 0.977.